The fraction of sp³-hybridized carbons (Fsp3) is 1.00. The van der Waals surface area contributed by atoms with Crippen molar-refractivity contribution >= 4 is 0 Å². The van der Waals surface area contributed by atoms with Gasteiger partial charge in [-0.2, -0.15) is 0 Å². The van der Waals surface area contributed by atoms with Crippen LogP contribution in [0.4, 0.5) is 0 Å². The highest BCUT2D eigenvalue weighted by Gasteiger charge is 2.61. The van der Waals surface area contributed by atoms with Crippen molar-refractivity contribution in [1.29, 1.82) is 0 Å². The maximum Gasteiger partial charge on any atom is 0.224 e. The molecule has 3 aliphatic heterocycles. The van der Waals surface area contributed by atoms with E-state index in [1.807, 2.05) is 0 Å². The van der Waals surface area contributed by atoms with Crippen LogP contribution in [0.2, 0.25) is 0 Å². The maximum atomic E-state index is 10.6. The van der Waals surface area contributed by atoms with Gasteiger partial charge in [-0.3, -0.25) is 0 Å². The number of aliphatic hydroxyl groups is 11. The highest BCUT2D eigenvalue weighted by Crippen LogP contribution is 2.39. The summed E-state index contributed by atoms with van der Waals surface area (Å²) in [5, 5.41) is 109. The SMILES string of the molecule is O.OC[C@H]1O[C@@](CO)(OC2O[C@H](CO)[C@@H](O)[C@H](O)[C@H]2O)[C@@H](O[C@H]2O[C@H](CO)[C@@H](O)[C@H](O)[C@H]2O)[C@@H]1O. The Morgan fingerprint density at radius 2 is 1.03 bits per heavy atom. The Labute approximate surface area is 198 Å². The van der Waals surface area contributed by atoms with Crippen LogP contribution in [-0.2, 0) is 23.7 Å². The van der Waals surface area contributed by atoms with E-state index < -0.39 is 112 Å². The number of hydrogen-bond acceptors (Lipinski definition) is 16. The van der Waals surface area contributed by atoms with Gasteiger partial charge in [0.15, 0.2) is 12.6 Å². The topological polar surface area (TPSA) is 300 Å². The summed E-state index contributed by atoms with van der Waals surface area (Å²) in [6.45, 7) is -3.49. The molecule has 35 heavy (non-hydrogen) atoms. The number of hydrogen-bond donors (Lipinski definition) is 11. The molecule has 0 aromatic rings. The van der Waals surface area contributed by atoms with Crippen LogP contribution in [0, 0.1) is 0 Å². The minimum atomic E-state index is -2.43. The molecule has 3 heterocycles. The molecule has 0 aromatic heterocycles. The van der Waals surface area contributed by atoms with Crippen LogP contribution >= 0.6 is 0 Å². The normalized spacial score (nSPS) is 50.7. The maximum absolute atomic E-state index is 10.6. The van der Waals surface area contributed by atoms with Gasteiger partial charge in [0.05, 0.1) is 19.8 Å². The van der Waals surface area contributed by atoms with E-state index in [1.54, 1.807) is 0 Å². The van der Waals surface area contributed by atoms with Gasteiger partial charge in [0.2, 0.25) is 5.79 Å². The Kier molecular flexibility index (Phi) is 10.7. The second-order valence-corrected chi connectivity index (χ2v) is 8.37. The summed E-state index contributed by atoms with van der Waals surface area (Å²) in [7, 11) is 0. The molecule has 3 aliphatic rings. The minimum Gasteiger partial charge on any atom is -0.412 e. The molecule has 0 spiro atoms. The second kappa shape index (κ2) is 12.2. The molecule has 208 valence electrons. The Balaban J connectivity index is 0.00000432. The third-order valence-electron chi connectivity index (χ3n) is 6.17. The molecule has 17 heteroatoms. The van der Waals surface area contributed by atoms with E-state index in [4.69, 9.17) is 23.7 Å². The van der Waals surface area contributed by atoms with E-state index in [2.05, 4.69) is 0 Å². The van der Waals surface area contributed by atoms with Crippen LogP contribution in [0.3, 0.4) is 0 Å². The first-order valence-electron chi connectivity index (χ1n) is 10.6. The van der Waals surface area contributed by atoms with Crippen LogP contribution in [-0.4, -0.2) is 174 Å². The molecule has 3 fully saturated rings. The Hall–Kier alpha value is -0.680. The van der Waals surface area contributed by atoms with E-state index in [0.717, 1.165) is 0 Å². The van der Waals surface area contributed by atoms with E-state index in [9.17, 15) is 56.2 Å². The smallest absolute Gasteiger partial charge is 0.224 e. The predicted molar refractivity (Wildman–Crippen MR) is 105 cm³/mol. The van der Waals surface area contributed by atoms with Crippen molar-refractivity contribution in [2.75, 3.05) is 26.4 Å². The van der Waals surface area contributed by atoms with Gasteiger partial charge in [0.1, 0.15) is 73.8 Å². The summed E-state index contributed by atoms with van der Waals surface area (Å²) in [5.74, 6) is -2.43. The lowest BCUT2D eigenvalue weighted by Crippen LogP contribution is -2.64. The summed E-state index contributed by atoms with van der Waals surface area (Å²) in [6, 6.07) is 0. The Bertz CT molecular complexity index is 653. The zero-order chi connectivity index (χ0) is 25.4. The van der Waals surface area contributed by atoms with Crippen molar-refractivity contribution in [3.63, 3.8) is 0 Å². The van der Waals surface area contributed by atoms with Crippen LogP contribution in [0.1, 0.15) is 0 Å². The summed E-state index contributed by atoms with van der Waals surface area (Å²) >= 11 is 0. The average Bonchev–Trinajstić information content (AvgIpc) is 3.10. The standard InChI is InChI=1S/C18H32O16.H2O/c19-1-5-8(23)11(26)13(28)16(30-5)32-15-10(25)7(3-21)33-18(15,4-22)34-17-14(29)12(27)9(24)6(2-20)31-17;/h5-17,19-29H,1-4H2;1H2/t5-,6-,7-,8-,9-,10-,11+,12+,13-,14-,15+,16-,17?,18+;/m1./s1. The molecule has 0 aliphatic carbocycles. The minimum absolute atomic E-state index is 0. The average molecular weight is 522 g/mol. The largest absolute Gasteiger partial charge is 0.412 e. The van der Waals surface area contributed by atoms with Gasteiger partial charge in [-0.15, -0.1) is 0 Å². The van der Waals surface area contributed by atoms with Crippen molar-refractivity contribution in [3.05, 3.63) is 0 Å². The summed E-state index contributed by atoms with van der Waals surface area (Å²) < 4.78 is 27.0. The van der Waals surface area contributed by atoms with Crippen molar-refractivity contribution in [2.24, 2.45) is 0 Å². The first-order valence-corrected chi connectivity index (χ1v) is 10.6. The van der Waals surface area contributed by atoms with E-state index in [1.165, 1.54) is 0 Å². The molecule has 3 rings (SSSR count). The van der Waals surface area contributed by atoms with Crippen molar-refractivity contribution in [3.8, 4) is 0 Å². The van der Waals surface area contributed by atoms with Gasteiger partial charge >= 0.3 is 0 Å². The molecule has 0 radical (unpaired) electrons. The summed E-state index contributed by atoms with van der Waals surface area (Å²) in [6.07, 6.45) is -22.3. The predicted octanol–water partition coefficient (Wildman–Crippen LogP) is -8.40. The highest BCUT2D eigenvalue weighted by atomic mass is 16.8. The lowest BCUT2D eigenvalue weighted by atomic mass is 9.98. The molecule has 0 saturated carbocycles. The van der Waals surface area contributed by atoms with E-state index >= 15 is 0 Å². The number of ether oxygens (including phenoxy) is 5. The Morgan fingerprint density at radius 1 is 0.571 bits per heavy atom. The fourth-order valence-corrected chi connectivity index (χ4v) is 4.12. The Morgan fingerprint density at radius 3 is 1.49 bits per heavy atom. The van der Waals surface area contributed by atoms with Crippen molar-refractivity contribution in [2.45, 2.75) is 85.5 Å². The van der Waals surface area contributed by atoms with Crippen LogP contribution in [0.15, 0.2) is 0 Å². The molecule has 13 N–H and O–H groups in total. The third-order valence-corrected chi connectivity index (χ3v) is 6.17. The van der Waals surface area contributed by atoms with Gasteiger partial charge in [0.25, 0.3) is 0 Å². The van der Waals surface area contributed by atoms with Crippen molar-refractivity contribution in [1.82, 2.24) is 0 Å². The monoisotopic (exact) mass is 522 g/mol. The third kappa shape index (κ3) is 5.61. The molecule has 0 bridgehead atoms. The van der Waals surface area contributed by atoms with Gasteiger partial charge in [0, 0.05) is 0 Å². The second-order valence-electron chi connectivity index (χ2n) is 8.37. The van der Waals surface area contributed by atoms with Crippen LogP contribution in [0.5, 0.6) is 0 Å². The number of rotatable bonds is 8. The molecule has 0 amide bonds. The summed E-state index contributed by atoms with van der Waals surface area (Å²) in [4.78, 5) is 0. The van der Waals surface area contributed by atoms with Gasteiger partial charge in [-0.05, 0) is 0 Å². The molecule has 0 aromatic carbocycles. The molecule has 14 atom stereocenters. The summed E-state index contributed by atoms with van der Waals surface area (Å²) in [5.41, 5.74) is 0. The van der Waals surface area contributed by atoms with Gasteiger partial charge < -0.3 is 85.3 Å². The lowest BCUT2D eigenvalue weighted by Gasteiger charge is -2.45. The van der Waals surface area contributed by atoms with Crippen molar-refractivity contribution < 1.29 is 85.3 Å². The van der Waals surface area contributed by atoms with Crippen LogP contribution < -0.4 is 0 Å². The molecular weight excluding hydrogens is 488 g/mol. The zero-order valence-electron chi connectivity index (χ0n) is 18.3. The molecular formula is C18H34O17. The molecule has 1 unspecified atom stereocenters. The quantitative estimate of drug-likeness (QED) is 0.141. The van der Waals surface area contributed by atoms with E-state index in [0.29, 0.717) is 0 Å². The fourth-order valence-electron chi connectivity index (χ4n) is 4.12. The first kappa shape index (κ1) is 30.5. The van der Waals surface area contributed by atoms with Gasteiger partial charge in [-0.1, -0.05) is 0 Å². The van der Waals surface area contributed by atoms with E-state index in [-0.39, 0.29) is 5.48 Å². The van der Waals surface area contributed by atoms with Crippen LogP contribution in [0.25, 0.3) is 0 Å². The lowest BCUT2D eigenvalue weighted by molar-refractivity contribution is -0.400. The highest BCUT2D eigenvalue weighted by molar-refractivity contribution is 5.01. The zero-order valence-corrected chi connectivity index (χ0v) is 18.3. The first-order chi connectivity index (χ1) is 16.0. The van der Waals surface area contributed by atoms with Gasteiger partial charge in [-0.25, -0.2) is 0 Å². The number of aliphatic hydroxyl groups excluding tert-OH is 11. The molecule has 3 saturated heterocycles. The molecule has 17 nitrogen and oxygen atoms in total.